The van der Waals surface area contributed by atoms with Gasteiger partial charge in [-0.05, 0) is 53.7 Å². The van der Waals surface area contributed by atoms with Crippen LogP contribution in [0.25, 0.3) is 0 Å². The van der Waals surface area contributed by atoms with Gasteiger partial charge in [-0.15, -0.1) is 0 Å². The van der Waals surface area contributed by atoms with Gasteiger partial charge in [0.1, 0.15) is 0 Å². The zero-order valence-corrected chi connectivity index (χ0v) is 13.5. The minimum Gasteiger partial charge on any atom is -0.0936 e. The Kier molecular flexibility index (Phi) is 3.75. The first-order valence-electron chi connectivity index (χ1n) is 6.88. The van der Waals surface area contributed by atoms with Crippen LogP contribution in [0.4, 0.5) is 0 Å². The summed E-state index contributed by atoms with van der Waals surface area (Å²) >= 11 is 0. The standard InChI is InChI=1S/C14H28P2/c1-12(15-10-6-8-13(15,2)3)16-11-7-9-14(16,4)5/h12H,6-11H2,1-5H3. The molecule has 2 fully saturated rings. The number of rotatable bonds is 2. The number of hydrogen-bond acceptors (Lipinski definition) is 0. The Morgan fingerprint density at radius 3 is 1.44 bits per heavy atom. The Morgan fingerprint density at radius 1 is 0.812 bits per heavy atom. The molecule has 2 rings (SSSR count). The van der Waals surface area contributed by atoms with Crippen molar-refractivity contribution in [3.8, 4) is 0 Å². The fraction of sp³-hybridized carbons (Fsp3) is 1.00. The van der Waals surface area contributed by atoms with Crippen molar-refractivity contribution in [2.24, 2.45) is 0 Å². The summed E-state index contributed by atoms with van der Waals surface area (Å²) in [6, 6.07) is 0. The van der Waals surface area contributed by atoms with E-state index < -0.39 is 0 Å². The maximum absolute atomic E-state index is 2.61. The first-order valence-corrected chi connectivity index (χ1v) is 10.1. The van der Waals surface area contributed by atoms with E-state index in [9.17, 15) is 0 Å². The van der Waals surface area contributed by atoms with E-state index in [1.165, 1.54) is 25.7 Å². The molecule has 2 unspecified atom stereocenters. The van der Waals surface area contributed by atoms with Gasteiger partial charge in [0.05, 0.1) is 0 Å². The lowest BCUT2D eigenvalue weighted by Crippen LogP contribution is -2.22. The van der Waals surface area contributed by atoms with Crippen molar-refractivity contribution in [2.45, 2.75) is 76.0 Å². The molecule has 2 saturated heterocycles. The molecular formula is C14H28P2. The van der Waals surface area contributed by atoms with Gasteiger partial charge >= 0.3 is 0 Å². The third-order valence-corrected chi connectivity index (χ3v) is 13.5. The Bertz CT molecular complexity index is 231. The van der Waals surface area contributed by atoms with Crippen molar-refractivity contribution >= 4 is 15.8 Å². The minimum absolute atomic E-state index is 0.310. The van der Waals surface area contributed by atoms with E-state index in [2.05, 4.69) is 34.6 Å². The minimum atomic E-state index is 0.310. The lowest BCUT2D eigenvalue weighted by molar-refractivity contribution is 0.652. The smallest absolute Gasteiger partial charge is 0.00246 e. The van der Waals surface area contributed by atoms with E-state index in [1.54, 1.807) is 12.3 Å². The van der Waals surface area contributed by atoms with Crippen LogP contribution in [0, 0.1) is 0 Å². The molecule has 16 heavy (non-hydrogen) atoms. The molecule has 2 aliphatic heterocycles. The highest BCUT2D eigenvalue weighted by Crippen LogP contribution is 2.74. The van der Waals surface area contributed by atoms with Gasteiger partial charge in [0.25, 0.3) is 0 Å². The summed E-state index contributed by atoms with van der Waals surface area (Å²) < 4.78 is 0. The van der Waals surface area contributed by atoms with Gasteiger partial charge in [-0.25, -0.2) is 0 Å². The molecule has 0 spiro atoms. The van der Waals surface area contributed by atoms with E-state index in [0.29, 0.717) is 26.2 Å². The first-order chi connectivity index (χ1) is 7.34. The summed E-state index contributed by atoms with van der Waals surface area (Å²) in [7, 11) is 0.619. The summed E-state index contributed by atoms with van der Waals surface area (Å²) in [6.07, 6.45) is 9.13. The lowest BCUT2D eigenvalue weighted by atomic mass is 10.1. The summed E-state index contributed by atoms with van der Waals surface area (Å²) in [5.41, 5.74) is 0. The van der Waals surface area contributed by atoms with Gasteiger partial charge in [0.2, 0.25) is 0 Å². The van der Waals surface area contributed by atoms with Crippen molar-refractivity contribution < 1.29 is 0 Å². The zero-order valence-electron chi connectivity index (χ0n) is 11.7. The topological polar surface area (TPSA) is 0 Å². The predicted molar refractivity (Wildman–Crippen MR) is 79.7 cm³/mol. The van der Waals surface area contributed by atoms with E-state index >= 15 is 0 Å². The number of hydrogen-bond donors (Lipinski definition) is 0. The van der Waals surface area contributed by atoms with E-state index in [-0.39, 0.29) is 0 Å². The summed E-state index contributed by atoms with van der Waals surface area (Å²) in [5.74, 6) is 0. The van der Waals surface area contributed by atoms with Crippen LogP contribution >= 0.6 is 15.8 Å². The molecule has 0 bridgehead atoms. The molecule has 0 aromatic heterocycles. The van der Waals surface area contributed by atoms with Crippen LogP contribution in [0.15, 0.2) is 0 Å². The molecule has 2 aliphatic rings. The van der Waals surface area contributed by atoms with Crippen molar-refractivity contribution in [3.05, 3.63) is 0 Å². The van der Waals surface area contributed by atoms with E-state index in [1.807, 2.05) is 0 Å². The van der Waals surface area contributed by atoms with Gasteiger partial charge in [-0.3, -0.25) is 0 Å². The third-order valence-electron chi connectivity index (χ3n) is 4.83. The summed E-state index contributed by atoms with van der Waals surface area (Å²) in [5, 5.41) is 2.45. The molecule has 2 atom stereocenters. The van der Waals surface area contributed by atoms with Gasteiger partial charge in [0, 0.05) is 0 Å². The van der Waals surface area contributed by atoms with Crippen molar-refractivity contribution in [3.63, 3.8) is 0 Å². The highest BCUT2D eigenvalue weighted by Gasteiger charge is 2.45. The predicted octanol–water partition coefficient (Wildman–Crippen LogP) is 5.44. The molecule has 94 valence electrons. The maximum atomic E-state index is 2.61. The van der Waals surface area contributed by atoms with Crippen molar-refractivity contribution in [1.29, 1.82) is 0 Å². The Morgan fingerprint density at radius 2 is 1.19 bits per heavy atom. The zero-order chi connectivity index (χ0) is 12.0. The van der Waals surface area contributed by atoms with Crippen LogP contribution in [0.1, 0.15) is 60.3 Å². The normalized spacial score (nSPS) is 38.8. The quantitative estimate of drug-likeness (QED) is 0.578. The van der Waals surface area contributed by atoms with Gasteiger partial charge < -0.3 is 0 Å². The lowest BCUT2D eigenvalue weighted by Gasteiger charge is -2.41. The van der Waals surface area contributed by atoms with Crippen molar-refractivity contribution in [1.82, 2.24) is 0 Å². The molecule has 0 aromatic rings. The summed E-state index contributed by atoms with van der Waals surface area (Å²) in [4.78, 5) is 0. The monoisotopic (exact) mass is 258 g/mol. The van der Waals surface area contributed by atoms with Crippen LogP contribution in [0.3, 0.4) is 0 Å². The first kappa shape index (κ1) is 13.3. The second-order valence-electron chi connectivity index (χ2n) is 6.85. The van der Waals surface area contributed by atoms with Crippen LogP contribution in [-0.2, 0) is 0 Å². The van der Waals surface area contributed by atoms with Gasteiger partial charge in [0.15, 0.2) is 0 Å². The second kappa shape index (κ2) is 4.51. The van der Waals surface area contributed by atoms with E-state index in [0.717, 1.165) is 5.40 Å². The molecule has 2 heterocycles. The fourth-order valence-corrected chi connectivity index (χ4v) is 13.6. The van der Waals surface area contributed by atoms with Crippen molar-refractivity contribution in [2.75, 3.05) is 12.3 Å². The highest BCUT2D eigenvalue weighted by atomic mass is 31.2. The SMILES string of the molecule is CC(P1CCCC1(C)C)P1CCCC1(C)C. The molecule has 0 N–H and O–H groups in total. The average molecular weight is 258 g/mol. The molecule has 0 radical (unpaired) electrons. The summed E-state index contributed by atoms with van der Waals surface area (Å²) in [6.45, 7) is 12.8. The fourth-order valence-electron chi connectivity index (χ4n) is 3.81. The Hall–Kier alpha value is 0.860. The van der Waals surface area contributed by atoms with Crippen LogP contribution < -0.4 is 0 Å². The second-order valence-corrected chi connectivity index (χ2v) is 14.0. The van der Waals surface area contributed by atoms with E-state index in [4.69, 9.17) is 0 Å². The van der Waals surface area contributed by atoms with Crippen LogP contribution in [-0.4, -0.2) is 28.0 Å². The molecule has 0 amide bonds. The molecular weight excluding hydrogens is 230 g/mol. The largest absolute Gasteiger partial charge is 0.0936 e. The molecule has 2 heteroatoms. The van der Waals surface area contributed by atoms with Gasteiger partial charge in [-0.2, -0.15) is 0 Å². The third kappa shape index (κ3) is 2.35. The molecule has 0 nitrogen and oxygen atoms in total. The Balaban J connectivity index is 2.10. The van der Waals surface area contributed by atoms with Gasteiger partial charge in [-0.1, -0.05) is 50.5 Å². The molecule has 0 aromatic carbocycles. The molecule has 0 saturated carbocycles. The maximum Gasteiger partial charge on any atom is -0.00246 e. The Labute approximate surface area is 104 Å². The molecule has 0 aliphatic carbocycles. The average Bonchev–Trinajstić information content (AvgIpc) is 2.67. The highest BCUT2D eigenvalue weighted by molar-refractivity contribution is 7.77. The van der Waals surface area contributed by atoms with Crippen LogP contribution in [0.5, 0.6) is 0 Å². The van der Waals surface area contributed by atoms with Crippen LogP contribution in [0.2, 0.25) is 0 Å².